The van der Waals surface area contributed by atoms with E-state index in [2.05, 4.69) is 14.2 Å². The van der Waals surface area contributed by atoms with Crippen LogP contribution in [0, 0.1) is 0 Å². The largest absolute Gasteiger partial charge is 0.511 e. The Morgan fingerprint density at radius 2 is 2.20 bits per heavy atom. The van der Waals surface area contributed by atoms with Crippen molar-refractivity contribution in [2.24, 2.45) is 0 Å². The van der Waals surface area contributed by atoms with E-state index in [0.717, 1.165) is 7.11 Å². The Labute approximate surface area is 57.9 Å². The van der Waals surface area contributed by atoms with E-state index in [1.807, 2.05) is 0 Å². The molecule has 0 amide bonds. The third kappa shape index (κ3) is 3.71. The molecule has 0 aliphatic heterocycles. The molecule has 0 N–H and O–H groups in total. The average molecular weight is 148 g/mol. The number of carbonyl (C=O) groups is 2. The summed E-state index contributed by atoms with van der Waals surface area (Å²) in [5, 5.41) is 0. The van der Waals surface area contributed by atoms with Crippen molar-refractivity contribution in [3.05, 3.63) is 0 Å². The third-order valence-electron chi connectivity index (χ3n) is 0.676. The van der Waals surface area contributed by atoms with Gasteiger partial charge in [-0.3, -0.25) is 4.79 Å². The topological polar surface area (TPSA) is 61.8 Å². The van der Waals surface area contributed by atoms with Crippen molar-refractivity contribution in [3.63, 3.8) is 0 Å². The van der Waals surface area contributed by atoms with E-state index in [0.29, 0.717) is 0 Å². The lowest BCUT2D eigenvalue weighted by Crippen LogP contribution is -2.17. The first kappa shape index (κ1) is 8.74. The van der Waals surface area contributed by atoms with Crippen molar-refractivity contribution < 1.29 is 23.8 Å². The van der Waals surface area contributed by atoms with Crippen LogP contribution in [0.25, 0.3) is 0 Å². The molecule has 5 heteroatoms. The monoisotopic (exact) mass is 148 g/mol. The van der Waals surface area contributed by atoms with Gasteiger partial charge in [-0.05, 0) is 0 Å². The summed E-state index contributed by atoms with van der Waals surface area (Å²) in [4.78, 5) is 19.9. The molecule has 5 nitrogen and oxygen atoms in total. The lowest BCUT2D eigenvalue weighted by molar-refractivity contribution is -0.151. The molecule has 0 fully saturated rings. The van der Waals surface area contributed by atoms with E-state index in [4.69, 9.17) is 0 Å². The highest BCUT2D eigenvalue weighted by molar-refractivity contribution is 5.59. The highest BCUT2D eigenvalue weighted by atomic mass is 16.8. The van der Waals surface area contributed by atoms with Crippen molar-refractivity contribution in [3.8, 4) is 0 Å². The summed E-state index contributed by atoms with van der Waals surface area (Å²) in [7, 11) is 1.16. The first-order chi connectivity index (χ1) is 4.70. The molecule has 10 heavy (non-hydrogen) atoms. The zero-order valence-electron chi connectivity index (χ0n) is 5.70. The van der Waals surface area contributed by atoms with Gasteiger partial charge in [-0.15, -0.1) is 0 Å². The molecule has 58 valence electrons. The van der Waals surface area contributed by atoms with Crippen LogP contribution in [0.1, 0.15) is 6.92 Å². The fraction of sp³-hybridized carbons (Fsp3) is 0.600. The van der Waals surface area contributed by atoms with E-state index in [1.165, 1.54) is 6.92 Å². The minimum Gasteiger partial charge on any atom is -0.438 e. The van der Waals surface area contributed by atoms with Crippen molar-refractivity contribution in [1.29, 1.82) is 0 Å². The molecule has 0 aromatic carbocycles. The van der Waals surface area contributed by atoms with Crippen molar-refractivity contribution >= 4 is 12.6 Å². The molecule has 0 rings (SSSR count). The number of methoxy groups -OCH3 is 1. The van der Waals surface area contributed by atoms with Crippen LogP contribution in [0.3, 0.4) is 0 Å². The molecule has 0 heterocycles. The summed E-state index contributed by atoms with van der Waals surface area (Å²) >= 11 is 0. The molecular formula is C5H8O5. The molecule has 0 aliphatic rings. The quantitative estimate of drug-likeness (QED) is 0.327. The summed E-state index contributed by atoms with van der Waals surface area (Å²) in [6, 6.07) is 0. The van der Waals surface area contributed by atoms with Crippen LogP contribution in [-0.4, -0.2) is 26.0 Å². The molecule has 0 saturated heterocycles. The van der Waals surface area contributed by atoms with E-state index >= 15 is 0 Å². The van der Waals surface area contributed by atoms with E-state index in [-0.39, 0.29) is 6.47 Å². The fourth-order valence-electron chi connectivity index (χ4n) is 0.290. The summed E-state index contributed by atoms with van der Waals surface area (Å²) < 4.78 is 12.6. The average Bonchev–Trinajstić information content (AvgIpc) is 1.88. The molecule has 0 aliphatic carbocycles. The van der Waals surface area contributed by atoms with Gasteiger partial charge < -0.3 is 14.2 Å². The van der Waals surface area contributed by atoms with Gasteiger partial charge in [0.2, 0.25) is 6.29 Å². The lowest BCUT2D eigenvalue weighted by Gasteiger charge is -2.08. The first-order valence-electron chi connectivity index (χ1n) is 2.54. The summed E-state index contributed by atoms with van der Waals surface area (Å²) in [6.45, 7) is 1.58. The minimum atomic E-state index is -0.898. The van der Waals surface area contributed by atoms with Gasteiger partial charge in [0.25, 0.3) is 6.47 Å². The molecule has 0 saturated carbocycles. The maximum atomic E-state index is 10.3. The molecule has 0 bridgehead atoms. The summed E-state index contributed by atoms with van der Waals surface area (Å²) in [5.41, 5.74) is 0. The predicted molar refractivity (Wildman–Crippen MR) is 30.1 cm³/mol. The van der Waals surface area contributed by atoms with Gasteiger partial charge in [0.1, 0.15) is 0 Å². The van der Waals surface area contributed by atoms with Crippen LogP contribution in [0.4, 0.5) is 4.79 Å². The lowest BCUT2D eigenvalue weighted by atomic mass is 10.8. The number of rotatable bonds is 3. The number of ether oxygens (including phenoxy) is 3. The highest BCUT2D eigenvalue weighted by Gasteiger charge is 2.07. The second kappa shape index (κ2) is 4.60. The van der Waals surface area contributed by atoms with Crippen LogP contribution in [-0.2, 0) is 19.0 Å². The van der Waals surface area contributed by atoms with Gasteiger partial charge in [-0.1, -0.05) is 0 Å². The minimum absolute atomic E-state index is 0.188. The maximum Gasteiger partial charge on any atom is 0.511 e. The predicted octanol–water partition coefficient (Wildman–Crippen LogP) is 0.288. The molecule has 0 spiro atoms. The molecule has 1 unspecified atom stereocenters. The Kier molecular flexibility index (Phi) is 4.02. The van der Waals surface area contributed by atoms with Gasteiger partial charge in [-0.25, -0.2) is 4.79 Å². The molecule has 0 radical (unpaired) electrons. The van der Waals surface area contributed by atoms with Crippen LogP contribution in [0.15, 0.2) is 0 Å². The van der Waals surface area contributed by atoms with E-state index < -0.39 is 12.4 Å². The number of carbonyl (C=O) groups excluding carboxylic acids is 2. The standard InChI is InChI=1S/C5H8O5/c1-4(9-3-6)10-5(7)8-2/h3-4H,1-2H3. The summed E-state index contributed by atoms with van der Waals surface area (Å²) in [5.74, 6) is 0. The van der Waals surface area contributed by atoms with Crippen molar-refractivity contribution in [2.45, 2.75) is 13.2 Å². The van der Waals surface area contributed by atoms with Crippen LogP contribution < -0.4 is 0 Å². The van der Waals surface area contributed by atoms with Crippen LogP contribution >= 0.6 is 0 Å². The highest BCUT2D eigenvalue weighted by Crippen LogP contribution is 1.92. The van der Waals surface area contributed by atoms with Crippen molar-refractivity contribution in [1.82, 2.24) is 0 Å². The second-order valence-electron chi connectivity index (χ2n) is 1.37. The van der Waals surface area contributed by atoms with Gasteiger partial charge in [0.15, 0.2) is 0 Å². The number of hydrogen-bond acceptors (Lipinski definition) is 5. The van der Waals surface area contributed by atoms with Gasteiger partial charge in [0.05, 0.1) is 7.11 Å². The first-order valence-corrected chi connectivity index (χ1v) is 2.54. The van der Waals surface area contributed by atoms with Crippen LogP contribution in [0.5, 0.6) is 0 Å². The SMILES string of the molecule is COC(=O)OC(C)OC=O. The van der Waals surface area contributed by atoms with E-state index in [1.54, 1.807) is 0 Å². The van der Waals surface area contributed by atoms with E-state index in [9.17, 15) is 9.59 Å². The molecule has 0 aromatic rings. The Bertz CT molecular complexity index is 121. The second-order valence-corrected chi connectivity index (χ2v) is 1.37. The zero-order valence-corrected chi connectivity index (χ0v) is 5.70. The molecular weight excluding hydrogens is 140 g/mol. The summed E-state index contributed by atoms with van der Waals surface area (Å²) in [6.07, 6.45) is -1.78. The smallest absolute Gasteiger partial charge is 0.438 e. The molecule has 0 aromatic heterocycles. The number of hydrogen-bond donors (Lipinski definition) is 0. The van der Waals surface area contributed by atoms with Gasteiger partial charge >= 0.3 is 6.16 Å². The maximum absolute atomic E-state index is 10.3. The van der Waals surface area contributed by atoms with Gasteiger partial charge in [-0.2, -0.15) is 0 Å². The Balaban J connectivity index is 3.46. The third-order valence-corrected chi connectivity index (χ3v) is 0.676. The zero-order chi connectivity index (χ0) is 7.98. The van der Waals surface area contributed by atoms with Crippen molar-refractivity contribution in [2.75, 3.05) is 7.11 Å². The Morgan fingerprint density at radius 3 is 2.60 bits per heavy atom. The Hall–Kier alpha value is -1.26. The normalized spacial score (nSPS) is 11.4. The Morgan fingerprint density at radius 1 is 1.60 bits per heavy atom. The fourth-order valence-corrected chi connectivity index (χ4v) is 0.290. The van der Waals surface area contributed by atoms with Gasteiger partial charge in [0, 0.05) is 6.92 Å². The molecule has 1 atom stereocenters. The van der Waals surface area contributed by atoms with Crippen LogP contribution in [0.2, 0.25) is 0 Å².